The molecule has 1 aromatic rings. The summed E-state index contributed by atoms with van der Waals surface area (Å²) >= 11 is 1.57. The van der Waals surface area contributed by atoms with Crippen molar-refractivity contribution in [1.29, 1.82) is 0 Å². The molecule has 0 saturated carbocycles. The second kappa shape index (κ2) is 5.00. The zero-order valence-corrected chi connectivity index (χ0v) is 11.8. The first-order valence-corrected chi connectivity index (χ1v) is 7.70. The maximum atomic E-state index is 12.5. The molecule has 1 aromatic heterocycles. The Bertz CT molecular complexity index is 569. The minimum absolute atomic E-state index is 0.156. The van der Waals surface area contributed by atoms with Crippen LogP contribution in [0.25, 0.3) is 0 Å². The second-order valence-electron chi connectivity index (χ2n) is 5.10. The molecule has 1 saturated heterocycles. The number of carbonyl (C=O) groups is 1. The molecule has 0 N–H and O–H groups in total. The lowest BCUT2D eigenvalue weighted by molar-refractivity contribution is 0.0632. The van der Waals surface area contributed by atoms with Crippen LogP contribution in [0.2, 0.25) is 0 Å². The standard InChI is InChI=1S/C13H17N3O2S/c1-9-4-2-3-5-15(9)11(17)10-8-14-13-16(12(10)18)6-7-19-13/h8-9H,2-7H2,1H3. The third-order valence-electron chi connectivity index (χ3n) is 3.85. The molecule has 3 heterocycles. The van der Waals surface area contributed by atoms with Crippen LogP contribution in [0, 0.1) is 0 Å². The van der Waals surface area contributed by atoms with Gasteiger partial charge in [-0.2, -0.15) is 0 Å². The Kier molecular flexibility index (Phi) is 3.35. The number of thioether (sulfide) groups is 1. The summed E-state index contributed by atoms with van der Waals surface area (Å²) in [7, 11) is 0. The van der Waals surface area contributed by atoms with Crippen molar-refractivity contribution in [2.75, 3.05) is 12.3 Å². The van der Waals surface area contributed by atoms with E-state index in [1.54, 1.807) is 16.3 Å². The number of fused-ring (bicyclic) bond motifs is 1. The van der Waals surface area contributed by atoms with Crippen molar-refractivity contribution in [3.63, 3.8) is 0 Å². The topological polar surface area (TPSA) is 55.2 Å². The maximum absolute atomic E-state index is 12.5. The smallest absolute Gasteiger partial charge is 0.267 e. The van der Waals surface area contributed by atoms with Crippen molar-refractivity contribution in [3.8, 4) is 0 Å². The number of nitrogens with zero attached hydrogens (tertiary/aromatic N) is 3. The quantitative estimate of drug-likeness (QED) is 0.728. The molecule has 1 unspecified atom stereocenters. The molecule has 102 valence electrons. The normalized spacial score (nSPS) is 22.4. The summed E-state index contributed by atoms with van der Waals surface area (Å²) in [6.45, 7) is 3.45. The van der Waals surface area contributed by atoms with Crippen molar-refractivity contribution in [2.45, 2.75) is 43.9 Å². The van der Waals surface area contributed by atoms with Gasteiger partial charge in [-0.05, 0) is 26.2 Å². The van der Waals surface area contributed by atoms with Crippen molar-refractivity contribution in [2.24, 2.45) is 0 Å². The summed E-state index contributed by atoms with van der Waals surface area (Å²) in [6.07, 6.45) is 4.64. The summed E-state index contributed by atoms with van der Waals surface area (Å²) in [5.74, 6) is 0.705. The van der Waals surface area contributed by atoms with E-state index in [2.05, 4.69) is 4.98 Å². The number of likely N-dealkylation sites (tertiary alicyclic amines) is 1. The Hall–Kier alpha value is -1.30. The minimum Gasteiger partial charge on any atom is -0.336 e. The highest BCUT2D eigenvalue weighted by molar-refractivity contribution is 7.99. The molecule has 0 bridgehead atoms. The number of hydrogen-bond acceptors (Lipinski definition) is 4. The fourth-order valence-corrected chi connectivity index (χ4v) is 3.63. The van der Waals surface area contributed by atoms with Gasteiger partial charge in [-0.25, -0.2) is 4.98 Å². The van der Waals surface area contributed by atoms with Crippen LogP contribution in [-0.4, -0.2) is 38.7 Å². The first-order chi connectivity index (χ1) is 9.18. The summed E-state index contributed by atoms with van der Waals surface area (Å²) in [5.41, 5.74) is 0.0396. The van der Waals surface area contributed by atoms with Gasteiger partial charge in [0.2, 0.25) is 0 Å². The van der Waals surface area contributed by atoms with Crippen LogP contribution in [0.1, 0.15) is 36.5 Å². The molecule has 1 fully saturated rings. The molecular weight excluding hydrogens is 262 g/mol. The first-order valence-electron chi connectivity index (χ1n) is 6.72. The lowest BCUT2D eigenvalue weighted by Gasteiger charge is -2.33. The third kappa shape index (κ3) is 2.18. The molecule has 1 amide bonds. The van der Waals surface area contributed by atoms with Gasteiger partial charge in [0, 0.05) is 31.1 Å². The number of aromatic nitrogens is 2. The highest BCUT2D eigenvalue weighted by Crippen LogP contribution is 2.22. The van der Waals surface area contributed by atoms with Crippen LogP contribution in [0.4, 0.5) is 0 Å². The predicted octanol–water partition coefficient (Wildman–Crippen LogP) is 1.36. The zero-order valence-electron chi connectivity index (χ0n) is 11.0. The number of hydrogen-bond donors (Lipinski definition) is 0. The monoisotopic (exact) mass is 279 g/mol. The molecule has 2 aliphatic rings. The molecule has 0 aliphatic carbocycles. The van der Waals surface area contributed by atoms with E-state index in [1.165, 1.54) is 6.20 Å². The molecule has 0 aromatic carbocycles. The van der Waals surface area contributed by atoms with Gasteiger partial charge in [0.05, 0.1) is 0 Å². The van der Waals surface area contributed by atoms with Crippen molar-refractivity contribution in [1.82, 2.24) is 14.5 Å². The van der Waals surface area contributed by atoms with Crippen LogP contribution in [0.5, 0.6) is 0 Å². The summed E-state index contributed by atoms with van der Waals surface area (Å²) in [5, 5.41) is 0.730. The zero-order chi connectivity index (χ0) is 13.4. The van der Waals surface area contributed by atoms with Gasteiger partial charge < -0.3 is 4.90 Å². The largest absolute Gasteiger partial charge is 0.336 e. The highest BCUT2D eigenvalue weighted by Gasteiger charge is 2.28. The van der Waals surface area contributed by atoms with Crippen LogP contribution in [0.3, 0.4) is 0 Å². The van der Waals surface area contributed by atoms with E-state index in [0.717, 1.165) is 36.7 Å². The van der Waals surface area contributed by atoms with Gasteiger partial charge in [-0.1, -0.05) is 11.8 Å². The predicted molar refractivity (Wildman–Crippen MR) is 73.6 cm³/mol. The van der Waals surface area contributed by atoms with Gasteiger partial charge in [0.1, 0.15) is 5.56 Å². The molecule has 0 radical (unpaired) electrons. The first kappa shape index (κ1) is 12.7. The number of piperidine rings is 1. The van der Waals surface area contributed by atoms with E-state index >= 15 is 0 Å². The van der Waals surface area contributed by atoms with Crippen molar-refractivity contribution < 1.29 is 4.79 Å². The Morgan fingerprint density at radius 3 is 3.05 bits per heavy atom. The van der Waals surface area contributed by atoms with E-state index in [-0.39, 0.29) is 23.1 Å². The van der Waals surface area contributed by atoms with E-state index in [4.69, 9.17) is 0 Å². The molecule has 19 heavy (non-hydrogen) atoms. The molecule has 6 heteroatoms. The number of rotatable bonds is 1. The van der Waals surface area contributed by atoms with Gasteiger partial charge in [0.25, 0.3) is 11.5 Å². The Morgan fingerprint density at radius 2 is 2.26 bits per heavy atom. The fourth-order valence-electron chi connectivity index (χ4n) is 2.72. The molecule has 1 atom stereocenters. The maximum Gasteiger partial charge on any atom is 0.267 e. The van der Waals surface area contributed by atoms with E-state index in [0.29, 0.717) is 6.54 Å². The molecule has 2 aliphatic heterocycles. The van der Waals surface area contributed by atoms with Gasteiger partial charge in [-0.15, -0.1) is 0 Å². The Morgan fingerprint density at radius 1 is 1.42 bits per heavy atom. The highest BCUT2D eigenvalue weighted by atomic mass is 32.2. The van der Waals surface area contributed by atoms with Crippen LogP contribution in [-0.2, 0) is 6.54 Å². The molecule has 0 spiro atoms. The number of amides is 1. The average Bonchev–Trinajstić information content (AvgIpc) is 2.88. The van der Waals surface area contributed by atoms with Gasteiger partial charge in [0.15, 0.2) is 5.16 Å². The summed E-state index contributed by atoms with van der Waals surface area (Å²) in [6, 6.07) is 0.216. The van der Waals surface area contributed by atoms with Crippen LogP contribution in [0.15, 0.2) is 16.1 Å². The SMILES string of the molecule is CC1CCCCN1C(=O)c1cnc2n(c1=O)CCS2. The Labute approximate surface area is 116 Å². The lowest BCUT2D eigenvalue weighted by Crippen LogP contribution is -2.44. The van der Waals surface area contributed by atoms with E-state index < -0.39 is 0 Å². The number of carbonyl (C=O) groups excluding carboxylic acids is 1. The molecular formula is C13H17N3O2S. The van der Waals surface area contributed by atoms with Crippen LogP contribution >= 0.6 is 11.8 Å². The van der Waals surface area contributed by atoms with Crippen molar-refractivity contribution in [3.05, 3.63) is 22.1 Å². The summed E-state index contributed by atoms with van der Waals surface area (Å²) < 4.78 is 1.62. The molecule has 3 rings (SSSR count). The average molecular weight is 279 g/mol. The van der Waals surface area contributed by atoms with E-state index in [9.17, 15) is 9.59 Å². The van der Waals surface area contributed by atoms with Crippen molar-refractivity contribution >= 4 is 17.7 Å². The second-order valence-corrected chi connectivity index (χ2v) is 6.17. The lowest BCUT2D eigenvalue weighted by atomic mass is 10.0. The van der Waals surface area contributed by atoms with Crippen LogP contribution < -0.4 is 5.56 Å². The summed E-state index contributed by atoms with van der Waals surface area (Å²) in [4.78, 5) is 30.9. The fraction of sp³-hybridized carbons (Fsp3) is 0.615. The molecule has 5 nitrogen and oxygen atoms in total. The minimum atomic E-state index is -0.183. The van der Waals surface area contributed by atoms with Gasteiger partial charge >= 0.3 is 0 Å². The Balaban J connectivity index is 1.94. The third-order valence-corrected chi connectivity index (χ3v) is 4.82. The van der Waals surface area contributed by atoms with E-state index in [1.807, 2.05) is 11.8 Å². The van der Waals surface area contributed by atoms with Gasteiger partial charge in [-0.3, -0.25) is 14.2 Å².